The fourth-order valence-corrected chi connectivity index (χ4v) is 3.18. The van der Waals surface area contributed by atoms with Gasteiger partial charge in [-0.2, -0.15) is 0 Å². The summed E-state index contributed by atoms with van der Waals surface area (Å²) < 4.78 is 0. The average Bonchev–Trinajstić information content (AvgIpc) is 2.60. The van der Waals surface area contributed by atoms with Crippen LogP contribution in [0.15, 0.2) is 12.2 Å². The van der Waals surface area contributed by atoms with Crippen LogP contribution in [0.2, 0.25) is 0 Å². The molecule has 2 N–H and O–H groups in total. The van der Waals surface area contributed by atoms with Gasteiger partial charge in [-0.3, -0.25) is 4.79 Å². The zero-order valence-electron chi connectivity index (χ0n) is 16.6. The van der Waals surface area contributed by atoms with E-state index < -0.39 is 5.97 Å². The van der Waals surface area contributed by atoms with E-state index in [-0.39, 0.29) is 12.5 Å². The number of aliphatic carboxylic acids is 1. The van der Waals surface area contributed by atoms with Gasteiger partial charge in [0.25, 0.3) is 0 Å². The van der Waals surface area contributed by atoms with E-state index in [0.717, 1.165) is 38.5 Å². The maximum atomic E-state index is 11.2. The molecule has 0 fully saturated rings. The van der Waals surface area contributed by atoms with E-state index in [9.17, 15) is 9.90 Å². The number of aliphatic hydroxyl groups is 1. The molecule has 0 spiro atoms. The minimum atomic E-state index is -0.671. The highest BCUT2D eigenvalue weighted by Crippen LogP contribution is 2.18. The Balaban J connectivity index is 3.41. The highest BCUT2D eigenvalue weighted by molar-refractivity contribution is 5.69. The Labute approximate surface area is 155 Å². The molecule has 0 bridgehead atoms. The van der Waals surface area contributed by atoms with Crippen molar-refractivity contribution >= 4 is 5.97 Å². The molecule has 0 aromatic carbocycles. The maximum absolute atomic E-state index is 11.2. The summed E-state index contributed by atoms with van der Waals surface area (Å²) in [6.45, 7) is 2.42. The number of carboxylic acid groups (broad SMARTS) is 1. The SMILES string of the molecule is CCCCCCCCC=CCCCCCCC(CCCCO)C(=O)O. The molecule has 0 rings (SSSR count). The van der Waals surface area contributed by atoms with E-state index in [4.69, 9.17) is 5.11 Å². The van der Waals surface area contributed by atoms with Crippen LogP contribution in [0.3, 0.4) is 0 Å². The van der Waals surface area contributed by atoms with Crippen molar-refractivity contribution in [2.75, 3.05) is 6.61 Å². The van der Waals surface area contributed by atoms with Crippen molar-refractivity contribution in [1.82, 2.24) is 0 Å². The summed E-state index contributed by atoms with van der Waals surface area (Å²) in [7, 11) is 0. The van der Waals surface area contributed by atoms with Gasteiger partial charge in [0.1, 0.15) is 0 Å². The van der Waals surface area contributed by atoms with E-state index >= 15 is 0 Å². The van der Waals surface area contributed by atoms with Crippen LogP contribution in [0.25, 0.3) is 0 Å². The van der Waals surface area contributed by atoms with E-state index in [1.54, 1.807) is 0 Å². The lowest BCUT2D eigenvalue weighted by atomic mass is 9.95. The first-order valence-corrected chi connectivity index (χ1v) is 10.7. The van der Waals surface area contributed by atoms with Gasteiger partial charge in [0.2, 0.25) is 0 Å². The van der Waals surface area contributed by atoms with Crippen molar-refractivity contribution in [3.63, 3.8) is 0 Å². The molecule has 0 aliphatic heterocycles. The van der Waals surface area contributed by atoms with Crippen molar-refractivity contribution in [1.29, 1.82) is 0 Å². The molecule has 1 unspecified atom stereocenters. The number of hydrogen-bond donors (Lipinski definition) is 2. The minimum absolute atomic E-state index is 0.165. The molecule has 0 radical (unpaired) electrons. The molecule has 25 heavy (non-hydrogen) atoms. The summed E-state index contributed by atoms with van der Waals surface area (Å²) >= 11 is 0. The van der Waals surface area contributed by atoms with Crippen molar-refractivity contribution in [3.8, 4) is 0 Å². The predicted octanol–water partition coefficient (Wildman–Crippen LogP) is 6.50. The van der Waals surface area contributed by atoms with Gasteiger partial charge in [0.05, 0.1) is 5.92 Å². The van der Waals surface area contributed by atoms with Gasteiger partial charge in [-0.25, -0.2) is 0 Å². The second-order valence-corrected chi connectivity index (χ2v) is 7.27. The van der Waals surface area contributed by atoms with Crippen LogP contribution >= 0.6 is 0 Å². The predicted molar refractivity (Wildman–Crippen MR) is 107 cm³/mol. The summed E-state index contributed by atoms with van der Waals surface area (Å²) in [5.74, 6) is -0.890. The van der Waals surface area contributed by atoms with E-state index in [1.807, 2.05) is 0 Å². The average molecular weight is 355 g/mol. The van der Waals surface area contributed by atoms with Crippen molar-refractivity contribution < 1.29 is 15.0 Å². The molecule has 0 aliphatic rings. The van der Waals surface area contributed by atoms with Gasteiger partial charge in [-0.05, 0) is 44.9 Å². The van der Waals surface area contributed by atoms with Gasteiger partial charge in [-0.15, -0.1) is 0 Å². The third-order valence-corrected chi connectivity index (χ3v) is 4.87. The smallest absolute Gasteiger partial charge is 0.306 e. The lowest BCUT2D eigenvalue weighted by molar-refractivity contribution is -0.142. The van der Waals surface area contributed by atoms with E-state index in [2.05, 4.69) is 19.1 Å². The van der Waals surface area contributed by atoms with Crippen molar-refractivity contribution in [2.24, 2.45) is 5.92 Å². The van der Waals surface area contributed by atoms with Crippen LogP contribution in [0, 0.1) is 5.92 Å². The molecule has 3 nitrogen and oxygen atoms in total. The van der Waals surface area contributed by atoms with E-state index in [1.165, 1.54) is 57.8 Å². The molecule has 3 heteroatoms. The lowest BCUT2D eigenvalue weighted by Crippen LogP contribution is -2.13. The number of hydrogen-bond acceptors (Lipinski definition) is 2. The first-order valence-electron chi connectivity index (χ1n) is 10.7. The third kappa shape index (κ3) is 17.8. The number of unbranched alkanes of at least 4 members (excludes halogenated alkanes) is 11. The zero-order valence-corrected chi connectivity index (χ0v) is 16.6. The molecule has 1 atom stereocenters. The van der Waals surface area contributed by atoms with Gasteiger partial charge >= 0.3 is 5.97 Å². The van der Waals surface area contributed by atoms with Gasteiger partial charge in [-0.1, -0.05) is 76.9 Å². The van der Waals surface area contributed by atoms with Crippen LogP contribution < -0.4 is 0 Å². The Bertz CT molecular complexity index is 312. The highest BCUT2D eigenvalue weighted by Gasteiger charge is 2.15. The molecular weight excluding hydrogens is 312 g/mol. The Hall–Kier alpha value is -0.830. The first-order chi connectivity index (χ1) is 12.2. The molecule has 148 valence electrons. The number of rotatable bonds is 19. The van der Waals surface area contributed by atoms with Crippen LogP contribution in [0.4, 0.5) is 0 Å². The minimum Gasteiger partial charge on any atom is -0.481 e. The van der Waals surface area contributed by atoms with Crippen molar-refractivity contribution in [3.05, 3.63) is 12.2 Å². The molecule has 0 saturated heterocycles. The number of allylic oxidation sites excluding steroid dienone is 2. The number of aliphatic hydroxyl groups excluding tert-OH is 1. The first kappa shape index (κ1) is 24.2. The summed E-state index contributed by atoms with van der Waals surface area (Å²) in [5.41, 5.74) is 0. The number of carboxylic acids is 1. The summed E-state index contributed by atoms with van der Waals surface area (Å²) in [6.07, 6.45) is 22.8. The van der Waals surface area contributed by atoms with Crippen LogP contribution in [0.5, 0.6) is 0 Å². The quantitative estimate of drug-likeness (QED) is 0.206. The Morgan fingerprint density at radius 2 is 1.24 bits per heavy atom. The molecule has 0 aliphatic carbocycles. The lowest BCUT2D eigenvalue weighted by Gasteiger charge is -2.11. The van der Waals surface area contributed by atoms with Crippen LogP contribution in [-0.2, 0) is 4.79 Å². The summed E-state index contributed by atoms with van der Waals surface area (Å²) in [4.78, 5) is 11.2. The van der Waals surface area contributed by atoms with Gasteiger partial charge in [0, 0.05) is 6.61 Å². The molecule has 0 saturated carbocycles. The monoisotopic (exact) mass is 354 g/mol. The Morgan fingerprint density at radius 1 is 0.760 bits per heavy atom. The third-order valence-electron chi connectivity index (χ3n) is 4.87. The van der Waals surface area contributed by atoms with E-state index in [0.29, 0.717) is 6.42 Å². The fourth-order valence-electron chi connectivity index (χ4n) is 3.18. The second-order valence-electron chi connectivity index (χ2n) is 7.27. The molecule has 0 heterocycles. The maximum Gasteiger partial charge on any atom is 0.306 e. The van der Waals surface area contributed by atoms with Gasteiger partial charge in [0.15, 0.2) is 0 Å². The second kappa shape index (κ2) is 19.5. The molecule has 0 aromatic heterocycles. The standard InChI is InChI=1S/C22H42O3/c1-2-3-4-5-6-7-8-9-10-11-12-13-14-15-18-21(22(24)25)19-16-17-20-23/h9-10,21,23H,2-8,11-20H2,1H3,(H,24,25). The Kier molecular flexibility index (Phi) is 18.8. The Morgan fingerprint density at radius 3 is 1.76 bits per heavy atom. The molecule has 0 amide bonds. The topological polar surface area (TPSA) is 57.5 Å². The molecular formula is C22H42O3. The van der Waals surface area contributed by atoms with Crippen molar-refractivity contribution in [2.45, 2.75) is 110 Å². The fraction of sp³-hybridized carbons (Fsp3) is 0.864. The van der Waals surface area contributed by atoms with Gasteiger partial charge < -0.3 is 10.2 Å². The van der Waals surface area contributed by atoms with Crippen LogP contribution in [0.1, 0.15) is 110 Å². The normalized spacial score (nSPS) is 12.7. The summed E-state index contributed by atoms with van der Waals surface area (Å²) in [5, 5.41) is 18.0. The highest BCUT2D eigenvalue weighted by atomic mass is 16.4. The largest absolute Gasteiger partial charge is 0.481 e. The molecule has 0 aromatic rings. The zero-order chi connectivity index (χ0) is 18.6. The van der Waals surface area contributed by atoms with Crippen LogP contribution in [-0.4, -0.2) is 22.8 Å². The number of carbonyl (C=O) groups is 1. The summed E-state index contributed by atoms with van der Waals surface area (Å²) in [6, 6.07) is 0.